The Kier molecular flexibility index (Phi) is 15.8. The average Bonchev–Trinajstić information content (AvgIpc) is 1.43. The van der Waals surface area contributed by atoms with Gasteiger partial charge in [0.1, 0.15) is 86.3 Å². The topological polar surface area (TPSA) is 350 Å². The number of hydrogen-bond donors (Lipinski definition) is 0. The maximum atomic E-state index is 13.9. The summed E-state index contributed by atoms with van der Waals surface area (Å²) in [5, 5.41) is -2.00. The van der Waals surface area contributed by atoms with E-state index >= 15 is 0 Å². The quantitative estimate of drug-likeness (QED) is 0.192. The number of hydrogen-bond acceptors (Lipinski definition) is 26. The molecule has 21 aliphatic rings. The number of rotatable bonds is 0. The van der Waals surface area contributed by atoms with Crippen LogP contribution in [0.2, 0.25) is 0 Å². The summed E-state index contributed by atoms with van der Waals surface area (Å²) in [7, 11) is -25.9. The van der Waals surface area contributed by atoms with E-state index in [1.54, 1.807) is 27.7 Å². The summed E-state index contributed by atoms with van der Waals surface area (Å²) in [6, 6.07) is 0. The SMILES string of the molecule is CC1(C)C2CC3C(O2)C1OS3(=O)=O.CC1C2(C)CC3(C(F)(F)F)C1(C)C(C)(OS3(=O)=O)C2(C)C.CC1C2CC3C(C)(O2)C1OS3(=O)=O.CC1C2CC3C(O2)C1(C)OS3(=O)=O.CC1C2CC3C(O2)C1OS3(=O)=O.CC1C2CC3C1OS(=O)(=O)C3(C(F)(F)F)C2.CC1C2OS(=O)(=O)C3CC1(C)OC23. The zero-order valence-corrected chi connectivity index (χ0v) is 64.1. The van der Waals surface area contributed by atoms with E-state index < -0.39 is 171 Å². The van der Waals surface area contributed by atoms with Crippen LogP contribution in [0.1, 0.15) is 162 Å². The molecule has 578 valence electrons. The average molecular weight is 1590 g/mol. The molecule has 21 rings (SSSR count). The molecule has 0 aromatic heterocycles. The van der Waals surface area contributed by atoms with Crippen molar-refractivity contribution in [2.45, 2.75) is 312 Å². The molecule has 4 aliphatic carbocycles. The lowest BCUT2D eigenvalue weighted by Crippen LogP contribution is -2.64. The standard InChI is InChI=1S/C14H21F3O3S.C9H11F3O3S.4C8H12O4S.C7H10O4S/c1-8-10(4)7-13(14(15,16)17)11(8,5)12(6,9(10,2)3)20-21(13,18)19;1-4-5-2-6-7(4)15-16(13,14)8(6,3-5)9(10,11)12;1-8(2)5-3-4-6(11-5)7(8)12-13(4,9)10;1-4-6-7-5(13(9,10)12-6)3-8(4,2)11-7;1-4-5-3-6-7(11-5)8(4,2)12-13(6,9)10;1-4-5-3-6-8(2,11-5)7(4)12-13(6,9)10;1-3-4-2-5-7(10-4)6(3)11-12(5,8)9/h8H,7H2,1-6H3;4-7H,2-3H2,1H3;4*4-7H,3H2,1-2H3;3-7H,2H2,1H3. The van der Waals surface area contributed by atoms with E-state index in [9.17, 15) is 85.3 Å². The molecule has 0 N–H and O–H groups in total. The van der Waals surface area contributed by atoms with Gasteiger partial charge in [0.05, 0.1) is 41.7 Å². The Morgan fingerprint density at radius 3 is 1.51 bits per heavy atom. The maximum absolute atomic E-state index is 13.9. The van der Waals surface area contributed by atoms with Crippen LogP contribution < -0.4 is 0 Å². The lowest BCUT2D eigenvalue weighted by atomic mass is 9.53. The Morgan fingerprint density at radius 1 is 0.426 bits per heavy atom. The molecule has 21 fully saturated rings. The third kappa shape index (κ3) is 9.04. The van der Waals surface area contributed by atoms with Crippen molar-refractivity contribution in [3.63, 3.8) is 0 Å². The van der Waals surface area contributed by atoms with Crippen LogP contribution in [-0.4, -0.2) is 209 Å². The van der Waals surface area contributed by atoms with Gasteiger partial charge in [-0.2, -0.15) is 85.3 Å². The molecule has 101 heavy (non-hydrogen) atoms. The first-order valence-electron chi connectivity index (χ1n) is 34.6. The van der Waals surface area contributed by atoms with Crippen LogP contribution in [0.4, 0.5) is 26.3 Å². The highest BCUT2D eigenvalue weighted by atomic mass is 32.2. The second kappa shape index (κ2) is 21.2. The van der Waals surface area contributed by atoms with Crippen molar-refractivity contribution in [3.8, 4) is 0 Å². The largest absolute Gasteiger partial charge is 0.411 e. The molecule has 26 nitrogen and oxygen atoms in total. The third-order valence-corrected chi connectivity index (χ3v) is 43.6. The summed E-state index contributed by atoms with van der Waals surface area (Å²) in [5.74, 6) is -0.743. The molecule has 0 spiro atoms. The van der Waals surface area contributed by atoms with Gasteiger partial charge in [-0.3, -0.25) is 29.3 Å². The van der Waals surface area contributed by atoms with Crippen LogP contribution in [0.25, 0.3) is 0 Å². The summed E-state index contributed by atoms with van der Waals surface area (Å²) in [6.07, 6.45) is -9.08. The van der Waals surface area contributed by atoms with E-state index in [0.29, 0.717) is 38.5 Å². The van der Waals surface area contributed by atoms with Gasteiger partial charge in [0.2, 0.25) is 4.75 Å². The Balaban J connectivity index is 0.0000000962. The Hall–Kier alpha value is -1.25. The number of ether oxygens (including phenoxy) is 5. The van der Waals surface area contributed by atoms with E-state index in [4.69, 9.17) is 53.0 Å². The minimum absolute atomic E-state index is 0.0600. The van der Waals surface area contributed by atoms with Gasteiger partial charge in [-0.1, -0.05) is 83.1 Å². The van der Waals surface area contributed by atoms with Gasteiger partial charge in [0.25, 0.3) is 70.8 Å². The molecule has 17 aliphatic heterocycles. The third-order valence-electron chi connectivity index (χ3n) is 30.7. The minimum Gasteiger partial charge on any atom is -0.370 e. The zero-order chi connectivity index (χ0) is 74.7. The molecule has 0 aromatic rings. The molecule has 39 heteroatoms. The predicted octanol–water partition coefficient (Wildman–Crippen LogP) is 6.20. The Morgan fingerprint density at radius 2 is 1.01 bits per heavy atom. The summed E-state index contributed by atoms with van der Waals surface area (Å²) >= 11 is 0. The second-order valence-electron chi connectivity index (χ2n) is 35.0. The fourth-order valence-corrected chi connectivity index (χ4v) is 37.3. The predicted molar refractivity (Wildman–Crippen MR) is 338 cm³/mol. The first-order chi connectivity index (χ1) is 45.6. The first-order valence-corrected chi connectivity index (χ1v) is 44.8. The van der Waals surface area contributed by atoms with Crippen LogP contribution >= 0.6 is 0 Å². The zero-order valence-electron chi connectivity index (χ0n) is 58.4. The van der Waals surface area contributed by atoms with Crippen molar-refractivity contribution in [1.29, 1.82) is 0 Å². The summed E-state index contributed by atoms with van der Waals surface area (Å²) in [6.45, 7) is 29.6. The van der Waals surface area contributed by atoms with Crippen LogP contribution in [0.3, 0.4) is 0 Å². The van der Waals surface area contributed by atoms with Crippen molar-refractivity contribution in [1.82, 2.24) is 0 Å². The van der Waals surface area contributed by atoms with Crippen molar-refractivity contribution in [3.05, 3.63) is 0 Å². The summed E-state index contributed by atoms with van der Waals surface area (Å²) in [4.78, 5) is 0. The maximum Gasteiger partial charge on any atom is 0.411 e. The Bertz CT molecular complexity index is 4360. The van der Waals surface area contributed by atoms with Crippen molar-refractivity contribution >= 4 is 70.8 Å². The fourth-order valence-electron chi connectivity index (χ4n) is 23.5. The van der Waals surface area contributed by atoms with Gasteiger partial charge < -0.3 is 23.7 Å². The molecule has 17 saturated heterocycles. The number of fused-ring (bicyclic) bond motifs is 7. The molecule has 17 heterocycles. The van der Waals surface area contributed by atoms with Crippen LogP contribution in [0.5, 0.6) is 0 Å². The van der Waals surface area contributed by atoms with Gasteiger partial charge in [-0.15, -0.1) is 0 Å². The second-order valence-corrected chi connectivity index (χ2v) is 47.4. The lowest BCUT2D eigenvalue weighted by Gasteiger charge is -2.52. The highest BCUT2D eigenvalue weighted by molar-refractivity contribution is 7.89. The normalized spacial score (nSPS) is 58.2. The van der Waals surface area contributed by atoms with Crippen molar-refractivity contribution in [2.24, 2.45) is 69.0 Å². The molecule has 34 atom stereocenters. The van der Waals surface area contributed by atoms with E-state index in [1.807, 2.05) is 76.2 Å². The van der Waals surface area contributed by atoms with E-state index in [-0.39, 0.29) is 131 Å². The van der Waals surface area contributed by atoms with E-state index in [0.717, 1.165) is 0 Å². The van der Waals surface area contributed by atoms with Crippen molar-refractivity contribution < 1.29 is 138 Å². The van der Waals surface area contributed by atoms with Gasteiger partial charge in [-0.05, 0) is 102 Å². The van der Waals surface area contributed by atoms with Crippen LogP contribution in [0.15, 0.2) is 0 Å². The number of alkyl halides is 6. The first kappa shape index (κ1) is 75.2. The molecular weight excluding hydrogens is 1500 g/mol. The van der Waals surface area contributed by atoms with Gasteiger partial charge in [-0.25, -0.2) is 0 Å². The van der Waals surface area contributed by atoms with Gasteiger partial charge >= 0.3 is 12.4 Å². The molecule has 0 amide bonds. The Labute approximate surface area is 586 Å². The highest BCUT2D eigenvalue weighted by Crippen LogP contribution is 2.87. The lowest BCUT2D eigenvalue weighted by molar-refractivity contribution is -0.214. The van der Waals surface area contributed by atoms with Gasteiger partial charge in [0.15, 0.2) is 4.75 Å². The smallest absolute Gasteiger partial charge is 0.370 e. The summed E-state index contributed by atoms with van der Waals surface area (Å²) in [5.41, 5.74) is -5.86. The van der Waals surface area contributed by atoms with Crippen LogP contribution in [0, 0.1) is 69.0 Å². The molecule has 4 saturated carbocycles. The fraction of sp³-hybridized carbons (Fsp3) is 1.00. The molecule has 34 unspecified atom stereocenters. The number of halogens is 6. The van der Waals surface area contributed by atoms with Crippen LogP contribution in [-0.2, 0) is 124 Å². The summed E-state index contributed by atoms with van der Waals surface area (Å²) < 4.78 is 302. The molecule has 0 radical (unpaired) electrons. The molecule has 0 aromatic carbocycles. The highest BCUT2D eigenvalue weighted by Gasteiger charge is 2.97. The molecule has 14 bridgehead atoms. The van der Waals surface area contributed by atoms with E-state index in [2.05, 4.69) is 0 Å². The van der Waals surface area contributed by atoms with Gasteiger partial charge in [0, 0.05) is 45.8 Å². The minimum atomic E-state index is -4.85. The van der Waals surface area contributed by atoms with Crippen molar-refractivity contribution in [2.75, 3.05) is 0 Å². The van der Waals surface area contributed by atoms with E-state index in [1.165, 1.54) is 6.92 Å². The monoisotopic (exact) mass is 1590 g/mol. The molecular formula is C62H90F6O26S7.